The van der Waals surface area contributed by atoms with Gasteiger partial charge in [-0.1, -0.05) is 0 Å². The van der Waals surface area contributed by atoms with E-state index in [0.29, 0.717) is 37.7 Å². The molecule has 0 N–H and O–H groups in total. The predicted octanol–water partition coefficient (Wildman–Crippen LogP) is 4.13. The quantitative estimate of drug-likeness (QED) is 0.602. The number of rotatable bonds is 3. The minimum absolute atomic E-state index is 0.00698. The molecule has 2 heterocycles. The largest absolute Gasteiger partial charge is 0.453 e. The number of hydrogen-bond donors (Lipinski definition) is 0. The molecule has 0 spiro atoms. The molecule has 0 unspecified atom stereocenters. The fourth-order valence-electron chi connectivity index (χ4n) is 2.15. The van der Waals surface area contributed by atoms with Gasteiger partial charge in [0.05, 0.1) is 4.47 Å². The molecule has 0 amide bonds. The third-order valence-corrected chi connectivity index (χ3v) is 4.22. The van der Waals surface area contributed by atoms with Gasteiger partial charge in [0.15, 0.2) is 5.65 Å². The van der Waals surface area contributed by atoms with Crippen LogP contribution in [0, 0.1) is 13.8 Å². The first-order chi connectivity index (χ1) is 11.7. The van der Waals surface area contributed by atoms with Crippen molar-refractivity contribution in [2.24, 2.45) is 0 Å². The maximum atomic E-state index is 13.0. The summed E-state index contributed by atoms with van der Waals surface area (Å²) in [6, 6.07) is 4.57. The van der Waals surface area contributed by atoms with Crippen molar-refractivity contribution in [1.29, 1.82) is 0 Å². The molecule has 2 aromatic heterocycles. The van der Waals surface area contributed by atoms with Crippen molar-refractivity contribution in [2.75, 3.05) is 0 Å². The Morgan fingerprint density at radius 2 is 1.92 bits per heavy atom. The summed E-state index contributed by atoms with van der Waals surface area (Å²) in [6.07, 6.45) is -4.03. The zero-order valence-electron chi connectivity index (χ0n) is 12.9. The van der Waals surface area contributed by atoms with Crippen molar-refractivity contribution in [3.05, 3.63) is 45.2 Å². The molecule has 6 nitrogen and oxygen atoms in total. The molecule has 130 valence electrons. The van der Waals surface area contributed by atoms with Gasteiger partial charge in [0.2, 0.25) is 5.88 Å². The number of alkyl halides is 3. The van der Waals surface area contributed by atoms with Crippen molar-refractivity contribution >= 4 is 27.9 Å². The Morgan fingerprint density at radius 3 is 2.52 bits per heavy atom. The van der Waals surface area contributed by atoms with Crippen molar-refractivity contribution in [1.82, 2.24) is 19.8 Å². The summed E-state index contributed by atoms with van der Waals surface area (Å²) in [5.41, 5.74) is 1.43. The van der Waals surface area contributed by atoms with E-state index in [-0.39, 0.29) is 11.5 Å². The summed E-state index contributed by atoms with van der Waals surface area (Å²) in [6.45, 7) is 3.27. The van der Waals surface area contributed by atoms with Gasteiger partial charge in [-0.05, 0) is 48.0 Å². The number of carbonyl (C=O) groups is 1. The van der Waals surface area contributed by atoms with Gasteiger partial charge in [0, 0.05) is 16.7 Å². The molecule has 0 radical (unpaired) electrons. The molecular formula is C15H10BrF3N4O2. The van der Waals surface area contributed by atoms with Crippen molar-refractivity contribution in [3.63, 3.8) is 0 Å². The number of carbonyl (C=O) groups excluding carboxylic acids is 1. The molecule has 0 aliphatic carbocycles. The average Bonchev–Trinajstić information content (AvgIpc) is 2.98. The van der Waals surface area contributed by atoms with Gasteiger partial charge in [-0.25, -0.2) is 0 Å². The van der Waals surface area contributed by atoms with Gasteiger partial charge in [0.1, 0.15) is 12.0 Å². The second-order valence-corrected chi connectivity index (χ2v) is 6.08. The number of ether oxygens (including phenoxy) is 1. The highest BCUT2D eigenvalue weighted by molar-refractivity contribution is 9.10. The molecule has 3 rings (SSSR count). The van der Waals surface area contributed by atoms with Crippen LogP contribution in [0.4, 0.5) is 13.2 Å². The Kier molecular flexibility index (Phi) is 4.23. The molecule has 0 aliphatic rings. The molecule has 0 fully saturated rings. The Morgan fingerprint density at radius 1 is 1.20 bits per heavy atom. The van der Waals surface area contributed by atoms with Crippen molar-refractivity contribution in [2.45, 2.75) is 20.0 Å². The highest BCUT2D eigenvalue weighted by atomic mass is 79.9. The number of aldehydes is 1. The maximum Gasteiger partial charge on any atom is 0.453 e. The van der Waals surface area contributed by atoms with E-state index >= 15 is 0 Å². The van der Waals surface area contributed by atoms with Crippen LogP contribution in [0.15, 0.2) is 22.7 Å². The van der Waals surface area contributed by atoms with Crippen LogP contribution >= 0.6 is 15.9 Å². The summed E-state index contributed by atoms with van der Waals surface area (Å²) < 4.78 is 45.9. The van der Waals surface area contributed by atoms with Gasteiger partial charge < -0.3 is 4.74 Å². The lowest BCUT2D eigenvalue weighted by Crippen LogP contribution is -2.13. The number of fused-ring (bicyclic) bond motifs is 1. The van der Waals surface area contributed by atoms with E-state index in [1.54, 1.807) is 13.8 Å². The lowest BCUT2D eigenvalue weighted by molar-refractivity contribution is -0.146. The van der Waals surface area contributed by atoms with Gasteiger partial charge >= 0.3 is 6.18 Å². The predicted molar refractivity (Wildman–Crippen MR) is 84.9 cm³/mol. The van der Waals surface area contributed by atoms with Crippen LogP contribution in [0.25, 0.3) is 5.65 Å². The molecule has 0 aliphatic heterocycles. The number of nitrogens with zero attached hydrogens (tertiary/aromatic N) is 4. The Labute approximate surface area is 147 Å². The van der Waals surface area contributed by atoms with Crippen LogP contribution in [0.5, 0.6) is 11.6 Å². The number of hydrogen-bond acceptors (Lipinski definition) is 5. The van der Waals surface area contributed by atoms with Crippen LogP contribution in [0.2, 0.25) is 0 Å². The lowest BCUT2D eigenvalue weighted by atomic mass is 10.2. The molecule has 3 aromatic rings. The van der Waals surface area contributed by atoms with E-state index in [1.807, 2.05) is 0 Å². The molecule has 0 saturated carbocycles. The first-order valence-corrected chi connectivity index (χ1v) is 7.74. The van der Waals surface area contributed by atoms with Gasteiger partial charge in [-0.15, -0.1) is 15.3 Å². The molecule has 0 saturated heterocycles. The highest BCUT2D eigenvalue weighted by Gasteiger charge is 2.38. The zero-order valence-corrected chi connectivity index (χ0v) is 14.5. The minimum atomic E-state index is -4.70. The van der Waals surface area contributed by atoms with Crippen molar-refractivity contribution in [3.8, 4) is 11.6 Å². The van der Waals surface area contributed by atoms with Crippen LogP contribution in [0.3, 0.4) is 0 Å². The molecule has 1 aromatic carbocycles. The summed E-state index contributed by atoms with van der Waals surface area (Å²) in [4.78, 5) is 10.8. The maximum absolute atomic E-state index is 13.0. The molecule has 0 bridgehead atoms. The van der Waals surface area contributed by atoms with Crippen LogP contribution < -0.4 is 4.74 Å². The second-order valence-electron chi connectivity index (χ2n) is 5.22. The Hall–Kier alpha value is -2.49. The molecule has 0 atom stereocenters. The molecule has 25 heavy (non-hydrogen) atoms. The number of benzene rings is 1. The number of aryl methyl sites for hydroxylation is 1. The highest BCUT2D eigenvalue weighted by Crippen LogP contribution is 2.34. The SMILES string of the molecule is Cc1c(Oc2ccc(C=O)cc2Br)nn2c(C(F)(F)F)nnc2c1C. The number of halogens is 4. The average molecular weight is 415 g/mol. The smallest absolute Gasteiger partial charge is 0.436 e. The van der Waals surface area contributed by atoms with Gasteiger partial charge in [-0.3, -0.25) is 4.79 Å². The Bertz CT molecular complexity index is 985. The first-order valence-electron chi connectivity index (χ1n) is 6.94. The zero-order chi connectivity index (χ0) is 18.4. The standard InChI is InChI=1S/C15H10BrF3N4O2/c1-7-8(2)13(25-11-4-3-9(6-24)5-10(11)16)22-23-12(7)20-21-14(23)15(17,18)19/h3-6H,1-2H3. The minimum Gasteiger partial charge on any atom is -0.436 e. The second kappa shape index (κ2) is 6.10. The summed E-state index contributed by atoms with van der Waals surface area (Å²) >= 11 is 3.25. The molecule has 10 heteroatoms. The molecular weight excluding hydrogens is 405 g/mol. The van der Waals surface area contributed by atoms with E-state index in [1.165, 1.54) is 18.2 Å². The van der Waals surface area contributed by atoms with E-state index in [9.17, 15) is 18.0 Å². The first kappa shape index (κ1) is 17.3. The third-order valence-electron chi connectivity index (χ3n) is 3.60. The van der Waals surface area contributed by atoms with E-state index < -0.39 is 12.0 Å². The van der Waals surface area contributed by atoms with Crippen LogP contribution in [0.1, 0.15) is 27.3 Å². The van der Waals surface area contributed by atoms with E-state index in [0.717, 1.165) is 0 Å². The monoisotopic (exact) mass is 414 g/mol. The number of aromatic nitrogens is 4. The Balaban J connectivity index is 2.13. The topological polar surface area (TPSA) is 69.4 Å². The van der Waals surface area contributed by atoms with Crippen LogP contribution in [-0.4, -0.2) is 26.1 Å². The third kappa shape index (κ3) is 3.09. The summed E-state index contributed by atoms with van der Waals surface area (Å²) in [5, 5.41) is 10.6. The van der Waals surface area contributed by atoms with E-state index in [2.05, 4.69) is 31.2 Å². The van der Waals surface area contributed by atoms with Gasteiger partial charge in [-0.2, -0.15) is 17.7 Å². The lowest BCUT2D eigenvalue weighted by Gasteiger charge is -2.12. The van der Waals surface area contributed by atoms with Crippen molar-refractivity contribution < 1.29 is 22.7 Å². The fourth-order valence-corrected chi connectivity index (χ4v) is 2.63. The van der Waals surface area contributed by atoms with E-state index in [4.69, 9.17) is 4.74 Å². The van der Waals surface area contributed by atoms with Crippen LogP contribution in [-0.2, 0) is 6.18 Å². The summed E-state index contributed by atoms with van der Waals surface area (Å²) in [7, 11) is 0. The normalized spacial score (nSPS) is 11.8. The fraction of sp³-hybridized carbons (Fsp3) is 0.200. The van der Waals surface area contributed by atoms with Gasteiger partial charge in [0.25, 0.3) is 5.82 Å². The summed E-state index contributed by atoms with van der Waals surface area (Å²) in [5.74, 6) is -0.942.